The quantitative estimate of drug-likeness (QED) is 0.556. The summed E-state index contributed by atoms with van der Waals surface area (Å²) in [6, 6.07) is 0. The third-order valence-electron chi connectivity index (χ3n) is 3.43. The second-order valence-corrected chi connectivity index (χ2v) is 4.31. The standard InChI is InChI=1S/C8H15NO/c1-7-3-5-8(2,6-4-7)9(7)10/h10H,3-6H2,1-2H3. The van der Waals surface area contributed by atoms with Gasteiger partial charge in [-0.05, 0) is 39.5 Å². The molecule has 0 spiro atoms. The molecule has 0 atom stereocenters. The first kappa shape index (κ1) is 6.62. The van der Waals surface area contributed by atoms with Crippen molar-refractivity contribution in [2.24, 2.45) is 0 Å². The van der Waals surface area contributed by atoms with Crippen molar-refractivity contribution in [3.63, 3.8) is 0 Å². The van der Waals surface area contributed by atoms with Gasteiger partial charge in [0.05, 0.1) is 0 Å². The Balaban J connectivity index is 2.34. The fourth-order valence-corrected chi connectivity index (χ4v) is 2.40. The second-order valence-electron chi connectivity index (χ2n) is 4.31. The van der Waals surface area contributed by atoms with Crippen molar-refractivity contribution in [2.45, 2.75) is 50.6 Å². The summed E-state index contributed by atoms with van der Waals surface area (Å²) in [6.45, 7) is 4.32. The molecule has 0 aromatic heterocycles. The maximum Gasteiger partial charge on any atom is 0.0440 e. The number of hydroxylamine groups is 2. The zero-order valence-electron chi connectivity index (χ0n) is 6.72. The van der Waals surface area contributed by atoms with Crippen LogP contribution in [0.4, 0.5) is 0 Å². The van der Waals surface area contributed by atoms with E-state index >= 15 is 0 Å². The van der Waals surface area contributed by atoms with Crippen molar-refractivity contribution in [2.75, 3.05) is 0 Å². The molecule has 58 valence electrons. The Kier molecular flexibility index (Phi) is 1.03. The lowest BCUT2D eigenvalue weighted by Gasteiger charge is -2.28. The molecule has 2 bridgehead atoms. The smallest absolute Gasteiger partial charge is 0.0440 e. The average Bonchev–Trinajstić information content (AvgIpc) is 2.24. The van der Waals surface area contributed by atoms with Crippen LogP contribution in [0, 0.1) is 0 Å². The summed E-state index contributed by atoms with van der Waals surface area (Å²) < 4.78 is 0. The highest BCUT2D eigenvalue weighted by atomic mass is 16.5. The summed E-state index contributed by atoms with van der Waals surface area (Å²) >= 11 is 0. The van der Waals surface area contributed by atoms with Gasteiger partial charge in [0.15, 0.2) is 0 Å². The molecular weight excluding hydrogens is 126 g/mol. The van der Waals surface area contributed by atoms with Crippen LogP contribution < -0.4 is 0 Å². The molecule has 0 unspecified atom stereocenters. The van der Waals surface area contributed by atoms with E-state index in [2.05, 4.69) is 13.8 Å². The third-order valence-corrected chi connectivity index (χ3v) is 3.43. The molecule has 1 N–H and O–H groups in total. The molecule has 2 heterocycles. The topological polar surface area (TPSA) is 23.5 Å². The molecule has 0 radical (unpaired) electrons. The molecule has 2 saturated heterocycles. The van der Waals surface area contributed by atoms with Crippen LogP contribution in [-0.2, 0) is 0 Å². The molecule has 0 aliphatic carbocycles. The van der Waals surface area contributed by atoms with Crippen molar-refractivity contribution >= 4 is 0 Å². The number of nitrogens with zero attached hydrogens (tertiary/aromatic N) is 1. The first-order valence-corrected chi connectivity index (χ1v) is 4.06. The summed E-state index contributed by atoms with van der Waals surface area (Å²) in [5, 5.41) is 11.3. The number of fused-ring (bicyclic) bond motifs is 2. The summed E-state index contributed by atoms with van der Waals surface area (Å²) in [6.07, 6.45) is 4.67. The largest absolute Gasteiger partial charge is 0.313 e. The lowest BCUT2D eigenvalue weighted by molar-refractivity contribution is -0.171. The molecule has 0 aromatic carbocycles. The lowest BCUT2D eigenvalue weighted by Crippen LogP contribution is -2.40. The Morgan fingerprint density at radius 1 is 1.00 bits per heavy atom. The Morgan fingerprint density at radius 2 is 1.30 bits per heavy atom. The Morgan fingerprint density at radius 3 is 1.40 bits per heavy atom. The van der Waals surface area contributed by atoms with Crippen LogP contribution in [0.3, 0.4) is 0 Å². The van der Waals surface area contributed by atoms with Gasteiger partial charge in [0, 0.05) is 11.1 Å². The Bertz CT molecular complexity index is 141. The molecule has 0 saturated carbocycles. The maximum absolute atomic E-state index is 9.68. The fourth-order valence-electron chi connectivity index (χ4n) is 2.40. The van der Waals surface area contributed by atoms with E-state index < -0.39 is 0 Å². The van der Waals surface area contributed by atoms with Crippen LogP contribution in [0.25, 0.3) is 0 Å². The summed E-state index contributed by atoms with van der Waals surface area (Å²) in [4.78, 5) is 0. The van der Waals surface area contributed by atoms with Crippen LogP contribution in [0.2, 0.25) is 0 Å². The third kappa shape index (κ3) is 0.565. The summed E-state index contributed by atoms with van der Waals surface area (Å²) in [7, 11) is 0. The van der Waals surface area contributed by atoms with Gasteiger partial charge in [-0.1, -0.05) is 0 Å². The van der Waals surface area contributed by atoms with Gasteiger partial charge in [-0.15, -0.1) is 0 Å². The van der Waals surface area contributed by atoms with Gasteiger partial charge >= 0.3 is 0 Å². The van der Waals surface area contributed by atoms with E-state index in [0.717, 1.165) is 0 Å². The predicted molar refractivity (Wildman–Crippen MR) is 38.9 cm³/mol. The van der Waals surface area contributed by atoms with Crippen LogP contribution >= 0.6 is 0 Å². The molecule has 2 heteroatoms. The molecule has 2 aliphatic heterocycles. The zero-order chi connectivity index (χ0) is 7.41. The van der Waals surface area contributed by atoms with E-state index in [0.29, 0.717) is 0 Å². The van der Waals surface area contributed by atoms with Crippen molar-refractivity contribution in [3.8, 4) is 0 Å². The Hall–Kier alpha value is -0.0800. The van der Waals surface area contributed by atoms with Crippen LogP contribution in [-0.4, -0.2) is 21.3 Å². The van der Waals surface area contributed by atoms with E-state index in [1.165, 1.54) is 25.7 Å². The molecule has 2 nitrogen and oxygen atoms in total. The maximum atomic E-state index is 9.68. The molecule has 2 aliphatic rings. The minimum absolute atomic E-state index is 0.120. The van der Waals surface area contributed by atoms with E-state index in [4.69, 9.17) is 0 Å². The highest BCUT2D eigenvalue weighted by Crippen LogP contribution is 2.51. The van der Waals surface area contributed by atoms with Crippen molar-refractivity contribution < 1.29 is 5.21 Å². The average molecular weight is 141 g/mol. The van der Waals surface area contributed by atoms with Crippen LogP contribution in [0.5, 0.6) is 0 Å². The second kappa shape index (κ2) is 1.56. The molecule has 2 fully saturated rings. The zero-order valence-corrected chi connectivity index (χ0v) is 6.72. The van der Waals surface area contributed by atoms with E-state index in [9.17, 15) is 5.21 Å². The first-order chi connectivity index (χ1) is 4.57. The van der Waals surface area contributed by atoms with Crippen molar-refractivity contribution in [1.82, 2.24) is 5.06 Å². The number of hydrogen-bond acceptors (Lipinski definition) is 2. The summed E-state index contributed by atoms with van der Waals surface area (Å²) in [5.74, 6) is 0. The van der Waals surface area contributed by atoms with Gasteiger partial charge in [0.2, 0.25) is 0 Å². The molecule has 2 rings (SSSR count). The SMILES string of the molecule is CC12CCC(C)(CC1)N2O. The minimum atomic E-state index is 0.120. The monoisotopic (exact) mass is 141 g/mol. The highest BCUT2D eigenvalue weighted by molar-refractivity contribution is 5.07. The van der Waals surface area contributed by atoms with Crippen molar-refractivity contribution in [1.29, 1.82) is 0 Å². The van der Waals surface area contributed by atoms with Gasteiger partial charge in [0.25, 0.3) is 0 Å². The first-order valence-electron chi connectivity index (χ1n) is 4.06. The normalized spacial score (nSPS) is 54.3. The minimum Gasteiger partial charge on any atom is -0.313 e. The van der Waals surface area contributed by atoms with Gasteiger partial charge in [0.1, 0.15) is 0 Å². The predicted octanol–water partition coefficient (Wildman–Crippen LogP) is 1.78. The molecule has 10 heavy (non-hydrogen) atoms. The molecule has 0 amide bonds. The Labute approximate surface area is 61.8 Å². The van der Waals surface area contributed by atoms with Gasteiger partial charge in [-0.2, -0.15) is 5.06 Å². The summed E-state index contributed by atoms with van der Waals surface area (Å²) in [5.41, 5.74) is 0.240. The number of rotatable bonds is 0. The molecular formula is C8H15NO. The fraction of sp³-hybridized carbons (Fsp3) is 1.00. The molecule has 0 aromatic rings. The number of hydrogen-bond donors (Lipinski definition) is 1. The van der Waals surface area contributed by atoms with E-state index in [-0.39, 0.29) is 11.1 Å². The van der Waals surface area contributed by atoms with Gasteiger partial charge in [-0.3, -0.25) is 0 Å². The highest BCUT2D eigenvalue weighted by Gasteiger charge is 2.55. The van der Waals surface area contributed by atoms with E-state index in [1.54, 1.807) is 5.06 Å². The van der Waals surface area contributed by atoms with E-state index in [1.807, 2.05) is 0 Å². The van der Waals surface area contributed by atoms with Crippen LogP contribution in [0.15, 0.2) is 0 Å². The van der Waals surface area contributed by atoms with Crippen LogP contribution in [0.1, 0.15) is 39.5 Å². The van der Waals surface area contributed by atoms with Gasteiger partial charge < -0.3 is 5.21 Å². The van der Waals surface area contributed by atoms with Crippen molar-refractivity contribution in [3.05, 3.63) is 0 Å². The van der Waals surface area contributed by atoms with Gasteiger partial charge in [-0.25, -0.2) is 0 Å². The lowest BCUT2D eigenvalue weighted by atomic mass is 9.84.